The first kappa shape index (κ1) is 17.9. The van der Waals surface area contributed by atoms with Gasteiger partial charge < -0.3 is 10.6 Å². The van der Waals surface area contributed by atoms with Crippen molar-refractivity contribution >= 4 is 40.3 Å². The van der Waals surface area contributed by atoms with E-state index < -0.39 is 5.54 Å². The summed E-state index contributed by atoms with van der Waals surface area (Å²) in [7, 11) is 0. The lowest BCUT2D eigenvalue weighted by Crippen LogP contribution is -2.50. The minimum atomic E-state index is -0.410. The van der Waals surface area contributed by atoms with Crippen LogP contribution < -0.4 is 10.6 Å². The molecular weight excluding hydrogens is 356 g/mol. The van der Waals surface area contributed by atoms with E-state index in [1.165, 1.54) is 0 Å². The highest BCUT2D eigenvalue weighted by Crippen LogP contribution is 2.26. The van der Waals surface area contributed by atoms with E-state index >= 15 is 0 Å². The predicted molar refractivity (Wildman–Crippen MR) is 105 cm³/mol. The smallest absolute Gasteiger partial charge is 0.244 e. The number of aromatic nitrogens is 2. The van der Waals surface area contributed by atoms with Crippen molar-refractivity contribution in [2.75, 3.05) is 11.9 Å². The van der Waals surface area contributed by atoms with Gasteiger partial charge in [0.05, 0.1) is 11.2 Å². The molecule has 1 atom stereocenters. The molecule has 0 saturated carbocycles. The summed E-state index contributed by atoms with van der Waals surface area (Å²) >= 11 is 1.62. The highest BCUT2D eigenvalue weighted by atomic mass is 35.5. The number of nitrogens with one attached hydrogen (secondary N) is 2. The molecule has 4 rings (SSSR count). The average molecular weight is 377 g/mol. The highest BCUT2D eigenvalue weighted by molar-refractivity contribution is 7.15. The normalized spacial score (nSPS) is 19.7. The zero-order valence-electron chi connectivity index (χ0n) is 14.0. The Kier molecular flexibility index (Phi) is 5.13. The van der Waals surface area contributed by atoms with Crippen molar-refractivity contribution in [3.05, 3.63) is 42.0 Å². The van der Waals surface area contributed by atoms with E-state index in [9.17, 15) is 4.79 Å². The van der Waals surface area contributed by atoms with Crippen molar-refractivity contribution in [2.24, 2.45) is 0 Å². The van der Waals surface area contributed by atoms with Crippen LogP contribution in [0.2, 0.25) is 0 Å². The van der Waals surface area contributed by atoms with Crippen molar-refractivity contribution < 1.29 is 4.79 Å². The molecule has 25 heavy (non-hydrogen) atoms. The van der Waals surface area contributed by atoms with Crippen LogP contribution in [-0.2, 0) is 4.79 Å². The molecule has 0 bridgehead atoms. The molecule has 1 aromatic carbocycles. The van der Waals surface area contributed by atoms with Gasteiger partial charge >= 0.3 is 0 Å². The number of anilines is 1. The number of carbonyl (C=O) groups excluding carboxylic acids is 1. The van der Waals surface area contributed by atoms with Crippen LogP contribution in [-0.4, -0.2) is 27.4 Å². The molecule has 1 unspecified atom stereocenters. The van der Waals surface area contributed by atoms with Crippen LogP contribution in [0, 0.1) is 0 Å². The van der Waals surface area contributed by atoms with E-state index in [1.54, 1.807) is 11.3 Å². The summed E-state index contributed by atoms with van der Waals surface area (Å²) in [6, 6.07) is 7.89. The Labute approximate surface area is 156 Å². The van der Waals surface area contributed by atoms with Crippen LogP contribution in [0.4, 0.5) is 5.69 Å². The number of benzene rings is 1. The molecule has 1 saturated heterocycles. The van der Waals surface area contributed by atoms with Gasteiger partial charge in [-0.2, -0.15) is 0 Å². The van der Waals surface area contributed by atoms with Gasteiger partial charge in [0.2, 0.25) is 5.91 Å². The minimum absolute atomic E-state index is 0. The van der Waals surface area contributed by atoms with Crippen molar-refractivity contribution in [1.82, 2.24) is 14.7 Å². The predicted octanol–water partition coefficient (Wildman–Crippen LogP) is 3.96. The number of hydrogen-bond donors (Lipinski definition) is 2. The molecule has 2 aromatic heterocycles. The summed E-state index contributed by atoms with van der Waals surface area (Å²) in [6.45, 7) is 2.98. The van der Waals surface area contributed by atoms with Crippen LogP contribution in [0.1, 0.15) is 26.2 Å². The maximum absolute atomic E-state index is 12.6. The molecule has 1 amide bonds. The van der Waals surface area contributed by atoms with Gasteiger partial charge in [-0.3, -0.25) is 9.20 Å². The first-order valence-corrected chi connectivity index (χ1v) is 9.17. The summed E-state index contributed by atoms with van der Waals surface area (Å²) in [5, 5.41) is 8.44. The number of thiazole rings is 1. The van der Waals surface area contributed by atoms with Crippen molar-refractivity contribution in [1.29, 1.82) is 0 Å². The molecule has 0 radical (unpaired) electrons. The molecule has 3 heterocycles. The lowest BCUT2D eigenvalue weighted by atomic mass is 9.93. The molecule has 1 fully saturated rings. The van der Waals surface area contributed by atoms with Gasteiger partial charge in [0, 0.05) is 29.0 Å². The zero-order chi connectivity index (χ0) is 16.6. The molecule has 3 aromatic rings. The van der Waals surface area contributed by atoms with E-state index in [0.717, 1.165) is 47.7 Å². The molecule has 132 valence electrons. The number of rotatable bonds is 4. The summed E-state index contributed by atoms with van der Waals surface area (Å²) in [4.78, 5) is 18.2. The Balaban J connectivity index is 0.00000182. The number of nitrogens with zero attached hydrogens (tertiary/aromatic N) is 2. The molecule has 5 nitrogen and oxygen atoms in total. The van der Waals surface area contributed by atoms with Crippen molar-refractivity contribution in [3.63, 3.8) is 0 Å². The SMILES string of the molecule is CCC1(C(=O)Nc2ccc(-c3cn4ccsc4n3)cc2)CCCN1.Cl. The monoisotopic (exact) mass is 376 g/mol. The van der Waals surface area contributed by atoms with Crippen LogP contribution >= 0.6 is 23.7 Å². The zero-order valence-corrected chi connectivity index (χ0v) is 15.6. The maximum Gasteiger partial charge on any atom is 0.244 e. The Morgan fingerprint density at radius 2 is 2.20 bits per heavy atom. The number of fused-ring (bicyclic) bond motifs is 1. The molecule has 0 spiro atoms. The van der Waals surface area contributed by atoms with Crippen molar-refractivity contribution in [2.45, 2.75) is 31.7 Å². The van der Waals surface area contributed by atoms with Crippen LogP contribution in [0.5, 0.6) is 0 Å². The lowest BCUT2D eigenvalue weighted by Gasteiger charge is -2.26. The second kappa shape index (κ2) is 7.15. The third kappa shape index (κ3) is 3.29. The summed E-state index contributed by atoms with van der Waals surface area (Å²) < 4.78 is 2.02. The lowest BCUT2D eigenvalue weighted by molar-refractivity contribution is -0.122. The first-order chi connectivity index (χ1) is 11.7. The molecule has 7 heteroatoms. The van der Waals surface area contributed by atoms with Gasteiger partial charge in [0.1, 0.15) is 0 Å². The minimum Gasteiger partial charge on any atom is -0.324 e. The average Bonchev–Trinajstić information content (AvgIpc) is 3.31. The Morgan fingerprint density at radius 3 is 2.84 bits per heavy atom. The first-order valence-electron chi connectivity index (χ1n) is 8.29. The number of amides is 1. The van der Waals surface area contributed by atoms with Gasteiger partial charge in [-0.25, -0.2) is 4.98 Å². The number of carbonyl (C=O) groups is 1. The topological polar surface area (TPSA) is 58.4 Å². The second-order valence-corrected chi connectivity index (χ2v) is 7.09. The fourth-order valence-corrected chi connectivity index (χ4v) is 4.00. The van der Waals surface area contributed by atoms with Crippen molar-refractivity contribution in [3.8, 4) is 11.3 Å². The van der Waals surface area contributed by atoms with E-state index in [2.05, 4.69) is 22.5 Å². The van der Waals surface area contributed by atoms with E-state index in [-0.39, 0.29) is 18.3 Å². The second-order valence-electron chi connectivity index (χ2n) is 6.22. The molecule has 2 N–H and O–H groups in total. The Hall–Kier alpha value is -1.89. The Bertz CT molecular complexity index is 836. The number of halogens is 1. The van der Waals surface area contributed by atoms with Gasteiger partial charge in [-0.1, -0.05) is 19.1 Å². The van der Waals surface area contributed by atoms with Crippen LogP contribution in [0.25, 0.3) is 16.2 Å². The molecular formula is C18H21ClN4OS. The number of imidazole rings is 1. The fourth-order valence-electron chi connectivity index (χ4n) is 3.30. The summed E-state index contributed by atoms with van der Waals surface area (Å²) in [5.74, 6) is 0.0674. The van der Waals surface area contributed by atoms with E-state index in [0.29, 0.717) is 0 Å². The maximum atomic E-state index is 12.6. The Morgan fingerprint density at radius 1 is 1.40 bits per heavy atom. The van der Waals surface area contributed by atoms with Crippen LogP contribution in [0.3, 0.4) is 0 Å². The molecule has 1 aliphatic rings. The summed E-state index contributed by atoms with van der Waals surface area (Å²) in [5.41, 5.74) is 2.41. The third-order valence-corrected chi connectivity index (χ3v) is 5.58. The molecule has 1 aliphatic heterocycles. The van der Waals surface area contributed by atoms with E-state index in [4.69, 9.17) is 0 Å². The largest absolute Gasteiger partial charge is 0.324 e. The summed E-state index contributed by atoms with van der Waals surface area (Å²) in [6.07, 6.45) is 6.79. The van der Waals surface area contributed by atoms with Gasteiger partial charge in [0.15, 0.2) is 4.96 Å². The third-order valence-electron chi connectivity index (χ3n) is 4.81. The van der Waals surface area contributed by atoms with Crippen LogP contribution in [0.15, 0.2) is 42.0 Å². The standard InChI is InChI=1S/C18H20N4OS.ClH/c1-2-18(8-3-9-19-18)16(23)20-14-6-4-13(5-7-14)15-12-22-10-11-24-17(22)21-15;/h4-7,10-12,19H,2-3,8-9H2,1H3,(H,20,23);1H. The van der Waals surface area contributed by atoms with Gasteiger partial charge in [0.25, 0.3) is 0 Å². The highest BCUT2D eigenvalue weighted by Gasteiger charge is 2.38. The fraction of sp³-hybridized carbons (Fsp3) is 0.333. The quantitative estimate of drug-likeness (QED) is 0.724. The van der Waals surface area contributed by atoms with E-state index in [1.807, 2.05) is 46.4 Å². The van der Waals surface area contributed by atoms with Gasteiger partial charge in [-0.05, 0) is 37.9 Å². The number of hydrogen-bond acceptors (Lipinski definition) is 4. The molecule has 0 aliphatic carbocycles. The van der Waals surface area contributed by atoms with Gasteiger partial charge in [-0.15, -0.1) is 23.7 Å².